The summed E-state index contributed by atoms with van der Waals surface area (Å²) in [5.41, 5.74) is 1.01. The van der Waals surface area contributed by atoms with Gasteiger partial charge in [-0.15, -0.1) is 0 Å². The average Bonchev–Trinajstić information content (AvgIpc) is 2.82. The third-order valence-corrected chi connectivity index (χ3v) is 4.84. The summed E-state index contributed by atoms with van der Waals surface area (Å²) in [5.74, 6) is -0.250. The van der Waals surface area contributed by atoms with Crippen molar-refractivity contribution in [3.63, 3.8) is 0 Å². The van der Waals surface area contributed by atoms with Gasteiger partial charge in [-0.3, -0.25) is 9.69 Å². The zero-order chi connectivity index (χ0) is 16.0. The van der Waals surface area contributed by atoms with E-state index in [0.717, 1.165) is 10.5 Å². The van der Waals surface area contributed by atoms with Gasteiger partial charge in [0, 0.05) is 25.7 Å². The Hall–Kier alpha value is -1.60. The third-order valence-electron chi connectivity index (χ3n) is 3.93. The lowest BCUT2D eigenvalue weighted by Crippen LogP contribution is -2.63. The van der Waals surface area contributed by atoms with Crippen LogP contribution in [0, 0.1) is 0 Å². The van der Waals surface area contributed by atoms with Crippen LogP contribution in [0.2, 0.25) is 5.02 Å². The van der Waals surface area contributed by atoms with Crippen molar-refractivity contribution in [1.82, 2.24) is 14.7 Å². The highest BCUT2D eigenvalue weighted by molar-refractivity contribution is 9.18. The lowest BCUT2D eigenvalue weighted by molar-refractivity contribution is -0.136. The monoisotopic (exact) mass is 384 g/mol. The number of hydrogen-bond acceptors (Lipinski definition) is 4. The van der Waals surface area contributed by atoms with Gasteiger partial charge in [0.05, 0.1) is 0 Å². The average molecular weight is 386 g/mol. The molecule has 6 nitrogen and oxygen atoms in total. The molecule has 22 heavy (non-hydrogen) atoms. The van der Waals surface area contributed by atoms with Crippen LogP contribution in [-0.2, 0) is 11.3 Å². The van der Waals surface area contributed by atoms with Gasteiger partial charge in [-0.2, -0.15) is 0 Å². The summed E-state index contributed by atoms with van der Waals surface area (Å²) in [6.45, 7) is 0.504. The Morgan fingerprint density at radius 1 is 1.23 bits per heavy atom. The summed E-state index contributed by atoms with van der Waals surface area (Å²) < 4.78 is 0.570. The Morgan fingerprint density at radius 3 is 2.50 bits per heavy atom. The number of halogens is 2. The van der Waals surface area contributed by atoms with Crippen molar-refractivity contribution >= 4 is 44.2 Å². The number of fused-ring (bicyclic) bond motifs is 1. The van der Waals surface area contributed by atoms with E-state index in [-0.39, 0.29) is 11.9 Å². The van der Waals surface area contributed by atoms with E-state index in [2.05, 4.69) is 20.9 Å². The number of rotatable bonds is 2. The number of amides is 3. The van der Waals surface area contributed by atoms with Gasteiger partial charge in [-0.25, -0.2) is 9.79 Å². The molecule has 1 aromatic carbocycles. The van der Waals surface area contributed by atoms with E-state index in [1.807, 2.05) is 17.0 Å². The number of nitrogens with zero attached hydrogens (tertiary/aromatic N) is 4. The van der Waals surface area contributed by atoms with E-state index in [4.69, 9.17) is 11.6 Å². The number of hydrogen-bond donors (Lipinski definition) is 0. The maximum absolute atomic E-state index is 12.5. The summed E-state index contributed by atoms with van der Waals surface area (Å²) in [6.07, 6.45) is -0.502. The number of amidine groups is 1. The van der Waals surface area contributed by atoms with Gasteiger partial charge >= 0.3 is 6.03 Å². The van der Waals surface area contributed by atoms with Crippen molar-refractivity contribution in [2.75, 3.05) is 14.1 Å². The van der Waals surface area contributed by atoms with E-state index in [9.17, 15) is 9.59 Å². The second-order valence-corrected chi connectivity index (χ2v) is 6.45. The van der Waals surface area contributed by atoms with E-state index >= 15 is 0 Å². The predicted molar refractivity (Wildman–Crippen MR) is 86.9 cm³/mol. The fourth-order valence-electron chi connectivity index (χ4n) is 2.68. The predicted octanol–water partition coefficient (Wildman–Crippen LogP) is 2.12. The molecule has 2 heterocycles. The molecule has 0 N–H and O–H groups in total. The number of urea groups is 1. The Balaban J connectivity index is 1.89. The van der Waals surface area contributed by atoms with E-state index in [0.29, 0.717) is 16.3 Å². The summed E-state index contributed by atoms with van der Waals surface area (Å²) >= 11 is 9.30. The molecule has 0 spiro atoms. The molecule has 8 heteroatoms. The Morgan fingerprint density at radius 2 is 1.86 bits per heavy atom. The highest BCUT2D eigenvalue weighted by Crippen LogP contribution is 2.30. The number of imide groups is 1. The molecule has 0 saturated carbocycles. The summed E-state index contributed by atoms with van der Waals surface area (Å²) in [7, 11) is 3.14. The highest BCUT2D eigenvalue weighted by atomic mass is 79.9. The first-order valence-electron chi connectivity index (χ1n) is 6.69. The van der Waals surface area contributed by atoms with Gasteiger partial charge in [0.25, 0.3) is 5.91 Å². The lowest BCUT2D eigenvalue weighted by atomic mass is 10.1. The van der Waals surface area contributed by atoms with Gasteiger partial charge in [0.1, 0.15) is 0 Å². The van der Waals surface area contributed by atoms with Gasteiger partial charge < -0.3 is 9.80 Å². The van der Waals surface area contributed by atoms with Crippen molar-refractivity contribution < 1.29 is 9.59 Å². The number of carbonyl (C=O) groups excluding carboxylic acids is 2. The van der Waals surface area contributed by atoms with E-state index < -0.39 is 12.2 Å². The summed E-state index contributed by atoms with van der Waals surface area (Å²) in [6, 6.07) is 6.56. The topological polar surface area (TPSA) is 56.2 Å². The van der Waals surface area contributed by atoms with Crippen molar-refractivity contribution in [2.45, 2.75) is 18.8 Å². The molecular formula is C14H14BrClN4O2. The first-order chi connectivity index (χ1) is 10.4. The van der Waals surface area contributed by atoms with E-state index in [1.54, 1.807) is 19.2 Å². The Bertz CT molecular complexity index is 663. The number of benzene rings is 1. The molecule has 0 aliphatic carbocycles. The molecule has 2 unspecified atom stereocenters. The molecule has 0 bridgehead atoms. The van der Waals surface area contributed by atoms with Crippen molar-refractivity contribution in [3.05, 3.63) is 34.9 Å². The molecule has 3 amide bonds. The molecule has 116 valence electrons. The summed E-state index contributed by atoms with van der Waals surface area (Å²) in [5, 5.41) is 0.662. The number of carbonyl (C=O) groups is 2. The van der Waals surface area contributed by atoms with Gasteiger partial charge in [-0.05, 0) is 33.6 Å². The van der Waals surface area contributed by atoms with Gasteiger partial charge in [0.2, 0.25) is 0 Å². The maximum atomic E-state index is 12.5. The smallest absolute Gasteiger partial charge is 0.328 e. The van der Waals surface area contributed by atoms with E-state index in [1.165, 1.54) is 11.9 Å². The third kappa shape index (κ3) is 2.38. The van der Waals surface area contributed by atoms with Crippen LogP contribution in [0.4, 0.5) is 4.79 Å². The number of aliphatic imine (C=N–C) groups is 1. The first kappa shape index (κ1) is 15.3. The van der Waals surface area contributed by atoms with Gasteiger partial charge in [-0.1, -0.05) is 23.7 Å². The fraction of sp³-hybridized carbons (Fsp3) is 0.357. The molecule has 2 atom stereocenters. The minimum Gasteiger partial charge on any atom is -0.331 e. The maximum Gasteiger partial charge on any atom is 0.328 e. The Labute approximate surface area is 141 Å². The lowest BCUT2D eigenvalue weighted by Gasteiger charge is -2.39. The molecule has 1 saturated heterocycles. The van der Waals surface area contributed by atoms with Crippen LogP contribution in [-0.4, -0.2) is 57.7 Å². The van der Waals surface area contributed by atoms with Crippen molar-refractivity contribution in [1.29, 1.82) is 0 Å². The first-order valence-corrected chi connectivity index (χ1v) is 7.86. The van der Waals surface area contributed by atoms with Crippen LogP contribution in [0.1, 0.15) is 5.56 Å². The standard InChI is InChI=1S/C14H14BrClN4O2/c1-18-11-10(12(21)19(2)14(18)22)20(13(15)17-11)7-8-3-5-9(16)6-4-8/h3-6,10-11H,7H2,1-2H3. The minimum absolute atomic E-state index is 0.250. The Kier molecular flexibility index (Phi) is 3.86. The molecular weight excluding hydrogens is 372 g/mol. The zero-order valence-electron chi connectivity index (χ0n) is 12.0. The minimum atomic E-state index is -0.516. The van der Waals surface area contributed by atoms with Gasteiger partial charge in [0.15, 0.2) is 17.0 Å². The molecule has 0 aromatic heterocycles. The molecule has 0 radical (unpaired) electrons. The second kappa shape index (κ2) is 5.55. The summed E-state index contributed by atoms with van der Waals surface area (Å²) in [4.78, 5) is 33.4. The van der Waals surface area contributed by atoms with Crippen LogP contribution in [0.25, 0.3) is 0 Å². The molecule has 1 fully saturated rings. The van der Waals surface area contributed by atoms with Crippen molar-refractivity contribution in [3.8, 4) is 0 Å². The molecule has 3 rings (SSSR count). The normalized spacial score (nSPS) is 24.7. The molecule has 1 aromatic rings. The largest absolute Gasteiger partial charge is 0.331 e. The highest BCUT2D eigenvalue weighted by Gasteiger charge is 2.50. The van der Waals surface area contributed by atoms with Crippen LogP contribution in [0.5, 0.6) is 0 Å². The molecule has 2 aliphatic rings. The van der Waals surface area contributed by atoms with Crippen molar-refractivity contribution in [2.24, 2.45) is 4.99 Å². The van der Waals surface area contributed by atoms with Crippen LogP contribution in [0.15, 0.2) is 29.3 Å². The molecule has 2 aliphatic heterocycles. The van der Waals surface area contributed by atoms with Crippen LogP contribution < -0.4 is 0 Å². The second-order valence-electron chi connectivity index (χ2n) is 5.30. The zero-order valence-corrected chi connectivity index (χ0v) is 14.4. The quantitative estimate of drug-likeness (QED) is 0.733. The van der Waals surface area contributed by atoms with Crippen LogP contribution >= 0.6 is 27.5 Å². The number of likely N-dealkylation sites (N-methyl/N-ethyl adjacent to an activating group) is 2. The SMILES string of the molecule is CN1C(=O)C2C(N=C(Br)N2Cc2ccc(Cl)cc2)N(C)C1=O. The fourth-order valence-corrected chi connectivity index (χ4v) is 3.36. The van der Waals surface area contributed by atoms with Crippen LogP contribution in [0.3, 0.4) is 0 Å².